The van der Waals surface area contributed by atoms with Gasteiger partial charge in [0.1, 0.15) is 0 Å². The molecule has 3 rings (SSSR count). The van der Waals surface area contributed by atoms with Crippen LogP contribution in [0.2, 0.25) is 0 Å². The van der Waals surface area contributed by atoms with Gasteiger partial charge in [-0.1, -0.05) is 19.3 Å². The number of aromatic nitrogens is 2. The first-order valence-corrected chi connectivity index (χ1v) is 8.04. The zero-order valence-electron chi connectivity index (χ0n) is 12.2. The van der Waals surface area contributed by atoms with E-state index in [0.29, 0.717) is 5.41 Å². The summed E-state index contributed by atoms with van der Waals surface area (Å²) in [5.74, 6) is 0. The summed E-state index contributed by atoms with van der Waals surface area (Å²) in [5, 5.41) is 8.22. The molecule has 0 atom stereocenters. The topological polar surface area (TPSA) is 29.9 Å². The smallest absolute Gasteiger partial charge is 0.0521 e. The van der Waals surface area contributed by atoms with Crippen molar-refractivity contribution in [3.63, 3.8) is 0 Å². The Bertz CT molecular complexity index is 400. The van der Waals surface area contributed by atoms with Gasteiger partial charge in [0.05, 0.1) is 6.20 Å². The lowest BCUT2D eigenvalue weighted by Crippen LogP contribution is -2.38. The molecule has 19 heavy (non-hydrogen) atoms. The van der Waals surface area contributed by atoms with E-state index in [1.807, 2.05) is 0 Å². The Labute approximate surface area is 116 Å². The first-order valence-electron chi connectivity index (χ1n) is 8.04. The van der Waals surface area contributed by atoms with Gasteiger partial charge in [0, 0.05) is 25.3 Å². The van der Waals surface area contributed by atoms with Gasteiger partial charge in [-0.15, -0.1) is 0 Å². The van der Waals surface area contributed by atoms with Crippen molar-refractivity contribution < 1.29 is 0 Å². The summed E-state index contributed by atoms with van der Waals surface area (Å²) >= 11 is 0. The normalized spacial score (nSPS) is 22.6. The van der Waals surface area contributed by atoms with E-state index in [0.717, 1.165) is 12.6 Å². The molecule has 106 valence electrons. The predicted molar refractivity (Wildman–Crippen MR) is 78.1 cm³/mol. The minimum atomic E-state index is 0.502. The number of hydrogen-bond donors (Lipinski definition) is 1. The van der Waals surface area contributed by atoms with Gasteiger partial charge >= 0.3 is 0 Å². The van der Waals surface area contributed by atoms with Gasteiger partial charge in [0.25, 0.3) is 0 Å². The molecule has 1 aromatic heterocycles. The molecule has 3 heteroatoms. The van der Waals surface area contributed by atoms with Gasteiger partial charge in [-0.25, -0.2) is 0 Å². The van der Waals surface area contributed by atoms with Crippen molar-refractivity contribution in [1.29, 1.82) is 0 Å². The van der Waals surface area contributed by atoms with Gasteiger partial charge in [0.15, 0.2) is 0 Å². The van der Waals surface area contributed by atoms with Gasteiger partial charge in [-0.05, 0) is 50.0 Å². The highest BCUT2D eigenvalue weighted by molar-refractivity contribution is 5.09. The van der Waals surface area contributed by atoms with Crippen LogP contribution in [-0.2, 0) is 13.0 Å². The molecule has 1 N–H and O–H groups in total. The van der Waals surface area contributed by atoms with E-state index in [-0.39, 0.29) is 0 Å². The van der Waals surface area contributed by atoms with Gasteiger partial charge in [0.2, 0.25) is 0 Å². The summed E-state index contributed by atoms with van der Waals surface area (Å²) in [6, 6.07) is 0.831. The van der Waals surface area contributed by atoms with E-state index >= 15 is 0 Å². The highest BCUT2D eigenvalue weighted by Gasteiger charge is 2.34. The highest BCUT2D eigenvalue weighted by atomic mass is 15.3. The SMILES string of the molecule is CCn1cc(CC2(CNC3CC3)CCCCC2)cn1. The van der Waals surface area contributed by atoms with Crippen molar-refractivity contribution in [3.8, 4) is 0 Å². The Morgan fingerprint density at radius 1 is 1.32 bits per heavy atom. The van der Waals surface area contributed by atoms with E-state index in [1.165, 1.54) is 63.5 Å². The Balaban J connectivity index is 1.66. The van der Waals surface area contributed by atoms with Crippen molar-refractivity contribution in [1.82, 2.24) is 15.1 Å². The zero-order valence-corrected chi connectivity index (χ0v) is 12.2. The molecule has 2 fully saturated rings. The van der Waals surface area contributed by atoms with E-state index in [2.05, 4.69) is 34.4 Å². The lowest BCUT2D eigenvalue weighted by atomic mass is 9.70. The van der Waals surface area contributed by atoms with Gasteiger partial charge in [-0.2, -0.15) is 5.10 Å². The van der Waals surface area contributed by atoms with Crippen LogP contribution < -0.4 is 5.32 Å². The Morgan fingerprint density at radius 3 is 2.74 bits per heavy atom. The maximum atomic E-state index is 4.44. The lowest BCUT2D eigenvalue weighted by molar-refractivity contribution is 0.180. The van der Waals surface area contributed by atoms with Crippen LogP contribution in [0.3, 0.4) is 0 Å². The fraction of sp³-hybridized carbons (Fsp3) is 0.812. The molecule has 2 aliphatic carbocycles. The second-order valence-electron chi connectivity index (χ2n) is 6.60. The first-order chi connectivity index (χ1) is 9.30. The van der Waals surface area contributed by atoms with E-state index in [9.17, 15) is 0 Å². The molecule has 0 amide bonds. The molecular weight excluding hydrogens is 234 g/mol. The van der Waals surface area contributed by atoms with Crippen molar-refractivity contribution in [3.05, 3.63) is 18.0 Å². The minimum absolute atomic E-state index is 0.502. The maximum absolute atomic E-state index is 4.44. The zero-order chi connectivity index (χ0) is 13.1. The molecule has 1 heterocycles. The molecule has 0 radical (unpaired) electrons. The molecule has 0 aliphatic heterocycles. The summed E-state index contributed by atoms with van der Waals surface area (Å²) in [5.41, 5.74) is 1.93. The van der Waals surface area contributed by atoms with Gasteiger partial charge < -0.3 is 5.32 Å². The highest BCUT2D eigenvalue weighted by Crippen LogP contribution is 2.39. The third-order valence-corrected chi connectivity index (χ3v) is 4.85. The number of nitrogens with one attached hydrogen (secondary N) is 1. The Kier molecular flexibility index (Phi) is 3.92. The van der Waals surface area contributed by atoms with Crippen LogP contribution >= 0.6 is 0 Å². The molecule has 0 aromatic carbocycles. The van der Waals surface area contributed by atoms with Crippen molar-refractivity contribution in [2.75, 3.05) is 6.54 Å². The van der Waals surface area contributed by atoms with Crippen molar-refractivity contribution in [2.24, 2.45) is 5.41 Å². The summed E-state index contributed by atoms with van der Waals surface area (Å²) in [4.78, 5) is 0. The van der Waals surface area contributed by atoms with Crippen LogP contribution in [0.4, 0.5) is 0 Å². The standard InChI is InChI=1S/C16H27N3/c1-2-19-12-14(11-18-19)10-16(8-4-3-5-9-16)13-17-15-6-7-15/h11-12,15,17H,2-10,13H2,1H3. The first kappa shape index (κ1) is 13.2. The summed E-state index contributed by atoms with van der Waals surface area (Å²) in [7, 11) is 0. The summed E-state index contributed by atoms with van der Waals surface area (Å²) in [6.07, 6.45) is 15.4. The maximum Gasteiger partial charge on any atom is 0.0521 e. The number of aryl methyl sites for hydroxylation is 1. The fourth-order valence-electron chi connectivity index (χ4n) is 3.47. The minimum Gasteiger partial charge on any atom is -0.313 e. The van der Waals surface area contributed by atoms with Crippen molar-refractivity contribution in [2.45, 2.75) is 70.9 Å². The number of nitrogens with zero attached hydrogens (tertiary/aromatic N) is 2. The quantitative estimate of drug-likeness (QED) is 0.852. The second kappa shape index (κ2) is 5.66. The van der Waals surface area contributed by atoms with E-state index < -0.39 is 0 Å². The molecular formula is C16H27N3. The van der Waals surface area contributed by atoms with Crippen LogP contribution in [0.25, 0.3) is 0 Å². The van der Waals surface area contributed by atoms with Crippen LogP contribution in [0.1, 0.15) is 57.4 Å². The molecule has 2 saturated carbocycles. The average Bonchev–Trinajstić information content (AvgIpc) is 3.17. The van der Waals surface area contributed by atoms with Gasteiger partial charge in [-0.3, -0.25) is 4.68 Å². The average molecular weight is 261 g/mol. The van der Waals surface area contributed by atoms with Crippen molar-refractivity contribution >= 4 is 0 Å². The van der Waals surface area contributed by atoms with E-state index in [4.69, 9.17) is 0 Å². The number of hydrogen-bond acceptors (Lipinski definition) is 2. The molecule has 3 nitrogen and oxygen atoms in total. The number of rotatable bonds is 6. The molecule has 0 spiro atoms. The lowest BCUT2D eigenvalue weighted by Gasteiger charge is -2.37. The monoisotopic (exact) mass is 261 g/mol. The summed E-state index contributed by atoms with van der Waals surface area (Å²) < 4.78 is 2.06. The second-order valence-corrected chi connectivity index (χ2v) is 6.60. The third kappa shape index (κ3) is 3.38. The van der Waals surface area contributed by atoms with Crippen LogP contribution in [-0.4, -0.2) is 22.4 Å². The van der Waals surface area contributed by atoms with Crippen LogP contribution in [0.5, 0.6) is 0 Å². The predicted octanol–water partition coefficient (Wildman–Crippen LogP) is 3.15. The fourth-order valence-corrected chi connectivity index (χ4v) is 3.47. The Morgan fingerprint density at radius 2 is 2.11 bits per heavy atom. The Hall–Kier alpha value is -0.830. The molecule has 1 aromatic rings. The van der Waals surface area contributed by atoms with Crippen LogP contribution in [0, 0.1) is 5.41 Å². The third-order valence-electron chi connectivity index (χ3n) is 4.85. The van der Waals surface area contributed by atoms with Crippen LogP contribution in [0.15, 0.2) is 12.4 Å². The van der Waals surface area contributed by atoms with E-state index in [1.54, 1.807) is 0 Å². The summed E-state index contributed by atoms with van der Waals surface area (Å²) in [6.45, 7) is 4.35. The molecule has 0 saturated heterocycles. The molecule has 0 unspecified atom stereocenters. The largest absolute Gasteiger partial charge is 0.313 e. The molecule has 2 aliphatic rings. The molecule has 0 bridgehead atoms.